The molecule has 1 nitrogen and oxygen atoms in total. The molecular weight excluding hydrogens is 277 g/mol. The molecule has 3 rings (SSSR count). The minimum Gasteiger partial charge on any atom is -0.380 e. The first-order valence-corrected chi connectivity index (χ1v) is 6.81. The molecule has 4 heteroatoms. The highest BCUT2D eigenvalue weighted by Gasteiger charge is 2.40. The van der Waals surface area contributed by atoms with Crippen LogP contribution in [0, 0.1) is 6.92 Å². The molecule has 0 fully saturated rings. The van der Waals surface area contributed by atoms with Gasteiger partial charge in [0.15, 0.2) is 0 Å². The smallest absolute Gasteiger partial charge is 0.380 e. The maximum Gasteiger partial charge on any atom is 0.416 e. The fourth-order valence-corrected chi connectivity index (χ4v) is 3.00. The van der Waals surface area contributed by atoms with Gasteiger partial charge in [-0.15, -0.1) is 0 Å². The van der Waals surface area contributed by atoms with Crippen LogP contribution in [0.4, 0.5) is 13.2 Å². The third-order valence-electron chi connectivity index (χ3n) is 4.13. The highest BCUT2D eigenvalue weighted by atomic mass is 19.4. The van der Waals surface area contributed by atoms with E-state index in [-0.39, 0.29) is 0 Å². The summed E-state index contributed by atoms with van der Waals surface area (Å²) >= 11 is 0. The van der Waals surface area contributed by atoms with Crippen LogP contribution >= 0.6 is 0 Å². The second-order valence-electron chi connectivity index (χ2n) is 5.60. The number of rotatable bonds is 1. The van der Waals surface area contributed by atoms with E-state index in [0.717, 1.165) is 28.8 Å². The fraction of sp³-hybridized carbons (Fsp3) is 0.294. The maximum absolute atomic E-state index is 12.9. The second kappa shape index (κ2) is 4.60. The topological polar surface area (TPSA) is 20.2 Å². The normalized spacial score (nSPS) is 21.4. The van der Waals surface area contributed by atoms with Crippen molar-refractivity contribution in [3.05, 3.63) is 70.3 Å². The molecule has 0 spiro atoms. The highest BCUT2D eigenvalue weighted by molar-refractivity contribution is 5.47. The minimum atomic E-state index is -4.40. The van der Waals surface area contributed by atoms with Crippen LogP contribution in [0.1, 0.15) is 34.2 Å². The molecule has 0 radical (unpaired) electrons. The Balaban J connectivity index is 2.12. The molecule has 1 atom stereocenters. The summed E-state index contributed by atoms with van der Waals surface area (Å²) in [4.78, 5) is 0. The molecule has 1 unspecified atom stereocenters. The molecule has 2 aromatic carbocycles. The van der Waals surface area contributed by atoms with E-state index >= 15 is 0 Å². The SMILES string of the molecule is Cc1ccc2c(c1)C(O)(c1cccc(C(F)(F)F)c1)CC2. The predicted molar refractivity (Wildman–Crippen MR) is 73.9 cm³/mol. The van der Waals surface area contributed by atoms with Gasteiger partial charge < -0.3 is 5.11 Å². The molecule has 1 aliphatic carbocycles. The number of aliphatic hydroxyl groups is 1. The van der Waals surface area contributed by atoms with E-state index in [9.17, 15) is 18.3 Å². The Morgan fingerprint density at radius 3 is 2.57 bits per heavy atom. The van der Waals surface area contributed by atoms with E-state index in [1.807, 2.05) is 25.1 Å². The van der Waals surface area contributed by atoms with Crippen molar-refractivity contribution >= 4 is 0 Å². The van der Waals surface area contributed by atoms with Crippen molar-refractivity contribution in [3.63, 3.8) is 0 Å². The third-order valence-corrected chi connectivity index (χ3v) is 4.13. The molecule has 0 saturated heterocycles. The summed E-state index contributed by atoms with van der Waals surface area (Å²) in [5.74, 6) is 0. The average Bonchev–Trinajstić information content (AvgIpc) is 2.77. The van der Waals surface area contributed by atoms with Crippen molar-refractivity contribution in [1.82, 2.24) is 0 Å². The van der Waals surface area contributed by atoms with Gasteiger partial charge in [0.05, 0.1) is 5.56 Å². The lowest BCUT2D eigenvalue weighted by Gasteiger charge is -2.26. The molecular formula is C17H15F3O. The Kier molecular flexibility index (Phi) is 3.10. The summed E-state index contributed by atoms with van der Waals surface area (Å²) in [5, 5.41) is 11.0. The quantitative estimate of drug-likeness (QED) is 0.835. The number of aryl methyl sites for hydroxylation is 2. The van der Waals surface area contributed by atoms with Crippen molar-refractivity contribution < 1.29 is 18.3 Å². The van der Waals surface area contributed by atoms with Crippen molar-refractivity contribution in [3.8, 4) is 0 Å². The number of halogens is 3. The first-order chi connectivity index (χ1) is 9.80. The van der Waals surface area contributed by atoms with Crippen molar-refractivity contribution in [2.24, 2.45) is 0 Å². The summed E-state index contributed by atoms with van der Waals surface area (Å²) in [7, 11) is 0. The number of benzene rings is 2. The van der Waals surface area contributed by atoms with Gasteiger partial charge in [-0.25, -0.2) is 0 Å². The van der Waals surface area contributed by atoms with Crippen LogP contribution in [0.25, 0.3) is 0 Å². The van der Waals surface area contributed by atoms with Gasteiger partial charge in [-0.05, 0) is 48.6 Å². The van der Waals surface area contributed by atoms with Gasteiger partial charge in [0.25, 0.3) is 0 Å². The molecule has 21 heavy (non-hydrogen) atoms. The molecule has 0 bridgehead atoms. The Hall–Kier alpha value is -1.81. The van der Waals surface area contributed by atoms with E-state index < -0.39 is 17.3 Å². The second-order valence-corrected chi connectivity index (χ2v) is 5.60. The zero-order chi connectivity index (χ0) is 15.3. The summed E-state index contributed by atoms with van der Waals surface area (Å²) in [6.45, 7) is 1.91. The van der Waals surface area contributed by atoms with Crippen LogP contribution in [0.3, 0.4) is 0 Å². The zero-order valence-corrected chi connectivity index (χ0v) is 11.5. The molecule has 0 saturated carbocycles. The van der Waals surface area contributed by atoms with Gasteiger partial charge in [0.2, 0.25) is 0 Å². The average molecular weight is 292 g/mol. The van der Waals surface area contributed by atoms with Crippen molar-refractivity contribution in [2.45, 2.75) is 31.5 Å². The van der Waals surface area contributed by atoms with Crippen LogP contribution in [-0.4, -0.2) is 5.11 Å². The first kappa shape index (κ1) is 14.1. The van der Waals surface area contributed by atoms with Gasteiger partial charge >= 0.3 is 6.18 Å². The Morgan fingerprint density at radius 1 is 1.10 bits per heavy atom. The standard InChI is InChI=1S/C17H15F3O/c1-11-5-6-12-7-8-16(21,15(12)9-11)13-3-2-4-14(10-13)17(18,19)20/h2-6,9-10,21H,7-8H2,1H3. The van der Waals surface area contributed by atoms with Crippen LogP contribution in [0.2, 0.25) is 0 Å². The molecule has 110 valence electrons. The molecule has 1 aliphatic rings. The first-order valence-electron chi connectivity index (χ1n) is 6.81. The fourth-order valence-electron chi connectivity index (χ4n) is 3.00. The molecule has 1 N–H and O–H groups in total. The summed E-state index contributed by atoms with van der Waals surface area (Å²) < 4.78 is 38.6. The van der Waals surface area contributed by atoms with E-state index in [1.54, 1.807) is 6.07 Å². The molecule has 0 heterocycles. The Morgan fingerprint density at radius 2 is 1.86 bits per heavy atom. The summed E-state index contributed by atoms with van der Waals surface area (Å²) in [6, 6.07) is 10.8. The van der Waals surface area contributed by atoms with E-state index in [1.165, 1.54) is 6.07 Å². The summed E-state index contributed by atoms with van der Waals surface area (Å²) in [5.41, 5.74) is 0.961. The molecule has 0 aliphatic heterocycles. The largest absolute Gasteiger partial charge is 0.416 e. The lowest BCUT2D eigenvalue weighted by molar-refractivity contribution is -0.137. The van der Waals surface area contributed by atoms with Crippen LogP contribution in [0.15, 0.2) is 42.5 Å². The highest BCUT2D eigenvalue weighted by Crippen LogP contribution is 2.43. The zero-order valence-electron chi connectivity index (χ0n) is 11.5. The van der Waals surface area contributed by atoms with Gasteiger partial charge in [-0.3, -0.25) is 0 Å². The van der Waals surface area contributed by atoms with Crippen LogP contribution in [-0.2, 0) is 18.2 Å². The minimum absolute atomic E-state index is 0.307. The summed E-state index contributed by atoms with van der Waals surface area (Å²) in [6.07, 6.45) is -3.32. The predicted octanol–water partition coefficient (Wildman–Crippen LogP) is 4.20. The van der Waals surface area contributed by atoms with Gasteiger partial charge in [0, 0.05) is 0 Å². The van der Waals surface area contributed by atoms with Crippen molar-refractivity contribution in [2.75, 3.05) is 0 Å². The van der Waals surface area contributed by atoms with Crippen LogP contribution < -0.4 is 0 Å². The van der Waals surface area contributed by atoms with E-state index in [4.69, 9.17) is 0 Å². The molecule has 0 aromatic heterocycles. The van der Waals surface area contributed by atoms with Gasteiger partial charge in [-0.2, -0.15) is 13.2 Å². The Labute approximate surface area is 121 Å². The van der Waals surface area contributed by atoms with Crippen LogP contribution in [0.5, 0.6) is 0 Å². The number of alkyl halides is 3. The van der Waals surface area contributed by atoms with Crippen molar-refractivity contribution in [1.29, 1.82) is 0 Å². The third kappa shape index (κ3) is 2.33. The van der Waals surface area contributed by atoms with E-state index in [0.29, 0.717) is 18.4 Å². The lowest BCUT2D eigenvalue weighted by atomic mass is 9.86. The van der Waals surface area contributed by atoms with Gasteiger partial charge in [0.1, 0.15) is 5.60 Å². The Bertz CT molecular complexity index is 691. The number of fused-ring (bicyclic) bond motifs is 1. The monoisotopic (exact) mass is 292 g/mol. The van der Waals surface area contributed by atoms with Gasteiger partial charge in [-0.1, -0.05) is 35.9 Å². The number of hydrogen-bond donors (Lipinski definition) is 1. The number of hydrogen-bond acceptors (Lipinski definition) is 1. The lowest BCUT2D eigenvalue weighted by Crippen LogP contribution is -2.24. The maximum atomic E-state index is 12.9. The molecule has 2 aromatic rings. The van der Waals surface area contributed by atoms with E-state index in [2.05, 4.69) is 0 Å². The molecule has 0 amide bonds.